The van der Waals surface area contributed by atoms with E-state index in [1.54, 1.807) is 36.4 Å². The average molecular weight is 281 g/mol. The minimum absolute atomic E-state index is 0.197. The molecule has 0 N–H and O–H groups in total. The molecule has 4 nitrogen and oxygen atoms in total. The van der Waals surface area contributed by atoms with Gasteiger partial charge in [-0.2, -0.15) is 4.31 Å². The van der Waals surface area contributed by atoms with Crippen LogP contribution in [0, 0.1) is 6.92 Å². The fourth-order valence-electron chi connectivity index (χ4n) is 1.59. The molecule has 0 heterocycles. The maximum Gasteiger partial charge on any atom is 0.243 e. The summed E-state index contributed by atoms with van der Waals surface area (Å²) in [7, 11) is -3.54. The molecular formula is C14H19NO3S. The van der Waals surface area contributed by atoms with E-state index in [2.05, 4.69) is 0 Å². The van der Waals surface area contributed by atoms with Crippen molar-refractivity contribution in [3.63, 3.8) is 0 Å². The van der Waals surface area contributed by atoms with Crippen LogP contribution >= 0.6 is 0 Å². The molecular weight excluding hydrogens is 262 g/mol. The smallest absolute Gasteiger partial charge is 0.243 e. The zero-order chi connectivity index (χ0) is 14.3. The zero-order valence-electron chi connectivity index (χ0n) is 11.2. The Kier molecular flexibility index (Phi) is 5.92. The van der Waals surface area contributed by atoms with Crippen molar-refractivity contribution in [3.05, 3.63) is 42.0 Å². The van der Waals surface area contributed by atoms with Gasteiger partial charge in [-0.25, -0.2) is 8.42 Å². The zero-order valence-corrected chi connectivity index (χ0v) is 12.1. The largest absolute Gasteiger partial charge is 0.303 e. The van der Waals surface area contributed by atoms with Gasteiger partial charge >= 0.3 is 0 Å². The number of carbonyl (C=O) groups excluding carboxylic acids is 1. The summed E-state index contributed by atoms with van der Waals surface area (Å²) in [6.07, 6.45) is 4.48. The highest BCUT2D eigenvalue weighted by molar-refractivity contribution is 7.89. The van der Waals surface area contributed by atoms with Gasteiger partial charge in [0.2, 0.25) is 10.0 Å². The van der Waals surface area contributed by atoms with Crippen LogP contribution in [0.15, 0.2) is 41.3 Å². The maximum absolute atomic E-state index is 12.4. The van der Waals surface area contributed by atoms with Gasteiger partial charge in [0, 0.05) is 19.5 Å². The SMILES string of the molecule is C/C=C\CN(CCC=O)S(=O)(=O)c1ccc(C)cc1. The fourth-order valence-corrected chi connectivity index (χ4v) is 2.99. The highest BCUT2D eigenvalue weighted by Crippen LogP contribution is 2.16. The number of carbonyl (C=O) groups is 1. The minimum Gasteiger partial charge on any atom is -0.303 e. The van der Waals surface area contributed by atoms with Gasteiger partial charge in [0.05, 0.1) is 4.90 Å². The first-order chi connectivity index (χ1) is 9.02. The van der Waals surface area contributed by atoms with Crippen LogP contribution < -0.4 is 0 Å². The van der Waals surface area contributed by atoms with Gasteiger partial charge in [-0.05, 0) is 26.0 Å². The van der Waals surface area contributed by atoms with Crippen molar-refractivity contribution in [3.8, 4) is 0 Å². The van der Waals surface area contributed by atoms with E-state index in [4.69, 9.17) is 0 Å². The number of benzene rings is 1. The summed E-state index contributed by atoms with van der Waals surface area (Å²) < 4.78 is 26.2. The number of aryl methyl sites for hydroxylation is 1. The molecule has 0 aliphatic carbocycles. The topological polar surface area (TPSA) is 54.5 Å². The molecule has 0 atom stereocenters. The molecule has 0 saturated carbocycles. The van der Waals surface area contributed by atoms with Crippen molar-refractivity contribution >= 4 is 16.3 Å². The van der Waals surface area contributed by atoms with Gasteiger partial charge in [0.25, 0.3) is 0 Å². The lowest BCUT2D eigenvalue weighted by Gasteiger charge is -2.19. The van der Waals surface area contributed by atoms with Crippen LogP contribution in [0.3, 0.4) is 0 Å². The number of aldehydes is 1. The van der Waals surface area contributed by atoms with Crippen molar-refractivity contribution in [2.45, 2.75) is 25.2 Å². The van der Waals surface area contributed by atoms with E-state index in [1.807, 2.05) is 13.8 Å². The quantitative estimate of drug-likeness (QED) is 0.568. The molecule has 0 aliphatic heterocycles. The molecule has 104 valence electrons. The summed E-state index contributed by atoms with van der Waals surface area (Å²) in [5, 5.41) is 0. The molecule has 1 aromatic rings. The molecule has 0 aromatic heterocycles. The molecule has 0 saturated heterocycles. The molecule has 0 fully saturated rings. The Hall–Kier alpha value is -1.46. The lowest BCUT2D eigenvalue weighted by atomic mass is 10.2. The second kappa shape index (κ2) is 7.21. The Labute approximate surface area is 114 Å². The summed E-state index contributed by atoms with van der Waals surface area (Å²) >= 11 is 0. The molecule has 0 aliphatic rings. The third-order valence-electron chi connectivity index (χ3n) is 2.70. The van der Waals surface area contributed by atoms with Crippen LogP contribution in [0.4, 0.5) is 0 Å². The number of rotatable bonds is 7. The highest BCUT2D eigenvalue weighted by atomic mass is 32.2. The Morgan fingerprint density at radius 1 is 1.21 bits per heavy atom. The van der Waals surface area contributed by atoms with Crippen molar-refractivity contribution < 1.29 is 13.2 Å². The lowest BCUT2D eigenvalue weighted by molar-refractivity contribution is -0.107. The Morgan fingerprint density at radius 2 is 1.84 bits per heavy atom. The van der Waals surface area contributed by atoms with Gasteiger partial charge in [-0.15, -0.1) is 0 Å². The van der Waals surface area contributed by atoms with Gasteiger partial charge in [-0.1, -0.05) is 29.8 Å². The third-order valence-corrected chi connectivity index (χ3v) is 4.58. The second-order valence-electron chi connectivity index (χ2n) is 4.20. The molecule has 19 heavy (non-hydrogen) atoms. The van der Waals surface area contributed by atoms with Crippen molar-refractivity contribution in [2.24, 2.45) is 0 Å². The highest BCUT2D eigenvalue weighted by Gasteiger charge is 2.22. The lowest BCUT2D eigenvalue weighted by Crippen LogP contribution is -2.32. The molecule has 5 heteroatoms. The predicted molar refractivity (Wildman–Crippen MR) is 75.4 cm³/mol. The van der Waals surface area contributed by atoms with Gasteiger partial charge in [0.15, 0.2) is 0 Å². The van der Waals surface area contributed by atoms with E-state index in [0.29, 0.717) is 0 Å². The van der Waals surface area contributed by atoms with Crippen LogP contribution in [0.1, 0.15) is 18.9 Å². The van der Waals surface area contributed by atoms with E-state index in [0.717, 1.165) is 11.8 Å². The predicted octanol–water partition coefficient (Wildman–Crippen LogP) is 2.15. The summed E-state index contributed by atoms with van der Waals surface area (Å²) in [4.78, 5) is 10.7. The van der Waals surface area contributed by atoms with E-state index in [-0.39, 0.29) is 24.4 Å². The normalized spacial score (nSPS) is 12.2. The van der Waals surface area contributed by atoms with E-state index in [9.17, 15) is 13.2 Å². The Balaban J connectivity index is 3.03. The van der Waals surface area contributed by atoms with Gasteiger partial charge < -0.3 is 4.79 Å². The fraction of sp³-hybridized carbons (Fsp3) is 0.357. The third kappa shape index (κ3) is 4.29. The van der Waals surface area contributed by atoms with Gasteiger partial charge in [0.1, 0.15) is 6.29 Å². The van der Waals surface area contributed by atoms with E-state index in [1.165, 1.54) is 4.31 Å². The molecule has 1 rings (SSSR count). The first-order valence-corrected chi connectivity index (χ1v) is 7.58. The summed E-state index contributed by atoms with van der Waals surface area (Å²) in [6.45, 7) is 4.21. The van der Waals surface area contributed by atoms with Crippen LogP contribution in [-0.4, -0.2) is 32.1 Å². The Bertz CT molecular complexity index is 532. The molecule has 0 amide bonds. The second-order valence-corrected chi connectivity index (χ2v) is 6.14. The van der Waals surface area contributed by atoms with Gasteiger partial charge in [-0.3, -0.25) is 0 Å². The number of hydrogen-bond acceptors (Lipinski definition) is 3. The van der Waals surface area contributed by atoms with E-state index >= 15 is 0 Å². The molecule has 0 spiro atoms. The number of sulfonamides is 1. The molecule has 1 aromatic carbocycles. The molecule has 0 radical (unpaired) electrons. The van der Waals surface area contributed by atoms with E-state index < -0.39 is 10.0 Å². The maximum atomic E-state index is 12.4. The molecule has 0 unspecified atom stereocenters. The summed E-state index contributed by atoms with van der Waals surface area (Å²) in [6, 6.07) is 6.71. The van der Waals surface area contributed by atoms with Crippen LogP contribution in [0.5, 0.6) is 0 Å². The van der Waals surface area contributed by atoms with Crippen molar-refractivity contribution in [2.75, 3.05) is 13.1 Å². The number of allylic oxidation sites excluding steroid dienone is 1. The standard InChI is InChI=1S/C14H19NO3S/c1-3-4-10-15(11-5-12-16)19(17,18)14-8-6-13(2)7-9-14/h3-4,6-9,12H,5,10-11H2,1-2H3/b4-3-. The van der Waals surface area contributed by atoms with Crippen molar-refractivity contribution in [1.82, 2.24) is 4.31 Å². The minimum atomic E-state index is -3.54. The molecule has 0 bridgehead atoms. The number of hydrogen-bond donors (Lipinski definition) is 0. The summed E-state index contributed by atoms with van der Waals surface area (Å²) in [5.41, 5.74) is 1.01. The number of nitrogens with zero attached hydrogens (tertiary/aromatic N) is 1. The first kappa shape index (κ1) is 15.6. The first-order valence-electron chi connectivity index (χ1n) is 6.14. The van der Waals surface area contributed by atoms with Crippen LogP contribution in [0.2, 0.25) is 0 Å². The summed E-state index contributed by atoms with van der Waals surface area (Å²) in [5.74, 6) is 0. The van der Waals surface area contributed by atoms with Crippen molar-refractivity contribution in [1.29, 1.82) is 0 Å². The van der Waals surface area contributed by atoms with Crippen LogP contribution in [0.25, 0.3) is 0 Å². The average Bonchev–Trinajstić information content (AvgIpc) is 2.39. The monoisotopic (exact) mass is 281 g/mol. The van der Waals surface area contributed by atoms with Crippen LogP contribution in [-0.2, 0) is 14.8 Å². The Morgan fingerprint density at radius 3 is 2.37 bits per heavy atom.